The SMILES string of the molecule is O=C1C(Cc2cc3ccccc3o2)CCN1C1CCCCC1. The molecular formula is C19H23NO2. The second kappa shape index (κ2) is 5.79. The van der Waals surface area contributed by atoms with E-state index in [1.54, 1.807) is 0 Å². The third-order valence-electron chi connectivity index (χ3n) is 5.29. The molecule has 1 unspecified atom stereocenters. The lowest BCUT2D eigenvalue weighted by atomic mass is 9.94. The minimum atomic E-state index is 0.113. The standard InChI is InChI=1S/C19H23NO2/c21-19-15(10-11-20(19)16-7-2-1-3-8-16)13-17-12-14-6-4-5-9-18(14)22-17/h4-6,9,12,15-16H,1-3,7-8,10-11,13H2. The molecule has 1 saturated carbocycles. The van der Waals surface area contributed by atoms with Gasteiger partial charge in [0.25, 0.3) is 0 Å². The first kappa shape index (κ1) is 13.9. The number of furan rings is 1. The average molecular weight is 297 g/mol. The summed E-state index contributed by atoms with van der Waals surface area (Å²) in [6.07, 6.45) is 8.02. The Morgan fingerprint density at radius 3 is 2.73 bits per heavy atom. The van der Waals surface area contributed by atoms with Gasteiger partial charge in [0.1, 0.15) is 11.3 Å². The Morgan fingerprint density at radius 1 is 1.09 bits per heavy atom. The Hall–Kier alpha value is -1.77. The average Bonchev–Trinajstić information content (AvgIpc) is 3.12. The molecule has 116 valence electrons. The van der Waals surface area contributed by atoms with Gasteiger partial charge in [0.2, 0.25) is 5.91 Å². The van der Waals surface area contributed by atoms with Crippen LogP contribution >= 0.6 is 0 Å². The summed E-state index contributed by atoms with van der Waals surface area (Å²) in [4.78, 5) is 14.9. The Bertz CT molecular complexity index is 636. The van der Waals surface area contributed by atoms with E-state index in [2.05, 4.69) is 17.0 Å². The number of para-hydroxylation sites is 1. The van der Waals surface area contributed by atoms with Crippen LogP contribution in [0, 0.1) is 5.92 Å². The highest BCUT2D eigenvalue weighted by atomic mass is 16.3. The molecule has 1 atom stereocenters. The normalized spacial score (nSPS) is 23.5. The number of nitrogens with zero attached hydrogens (tertiary/aromatic N) is 1. The van der Waals surface area contributed by atoms with Gasteiger partial charge in [0.15, 0.2) is 0 Å². The van der Waals surface area contributed by atoms with E-state index >= 15 is 0 Å². The second-order valence-corrected chi connectivity index (χ2v) is 6.76. The topological polar surface area (TPSA) is 33.5 Å². The monoisotopic (exact) mass is 297 g/mol. The van der Waals surface area contributed by atoms with Crippen LogP contribution in [0.4, 0.5) is 0 Å². The molecule has 0 spiro atoms. The zero-order chi connectivity index (χ0) is 14.9. The largest absolute Gasteiger partial charge is 0.461 e. The first-order chi connectivity index (χ1) is 10.8. The summed E-state index contributed by atoms with van der Waals surface area (Å²) >= 11 is 0. The maximum atomic E-state index is 12.7. The Balaban J connectivity index is 1.46. The molecule has 22 heavy (non-hydrogen) atoms. The molecule has 1 amide bonds. The molecule has 1 aliphatic carbocycles. The summed E-state index contributed by atoms with van der Waals surface area (Å²) < 4.78 is 5.89. The van der Waals surface area contributed by atoms with Crippen LogP contribution in [0.3, 0.4) is 0 Å². The molecule has 3 heteroatoms. The number of benzene rings is 1. The molecular weight excluding hydrogens is 274 g/mol. The van der Waals surface area contributed by atoms with E-state index in [9.17, 15) is 4.79 Å². The van der Waals surface area contributed by atoms with Gasteiger partial charge in [0, 0.05) is 30.3 Å². The third-order valence-corrected chi connectivity index (χ3v) is 5.29. The van der Waals surface area contributed by atoms with Crippen LogP contribution in [0.15, 0.2) is 34.7 Å². The van der Waals surface area contributed by atoms with Crippen LogP contribution in [0.1, 0.15) is 44.3 Å². The summed E-state index contributed by atoms with van der Waals surface area (Å²) in [5, 5.41) is 1.13. The lowest BCUT2D eigenvalue weighted by Crippen LogP contribution is -2.39. The molecule has 1 saturated heterocycles. The molecule has 2 aliphatic rings. The van der Waals surface area contributed by atoms with E-state index in [1.807, 2.05) is 18.2 Å². The quantitative estimate of drug-likeness (QED) is 0.852. The second-order valence-electron chi connectivity index (χ2n) is 6.76. The van der Waals surface area contributed by atoms with Crippen LogP contribution in [0.2, 0.25) is 0 Å². The van der Waals surface area contributed by atoms with Crippen molar-refractivity contribution in [2.45, 2.75) is 51.0 Å². The van der Waals surface area contributed by atoms with Gasteiger partial charge in [-0.05, 0) is 31.4 Å². The van der Waals surface area contributed by atoms with E-state index in [4.69, 9.17) is 4.42 Å². The van der Waals surface area contributed by atoms with Crippen molar-refractivity contribution < 1.29 is 9.21 Å². The fourth-order valence-corrected chi connectivity index (χ4v) is 4.09. The number of fused-ring (bicyclic) bond motifs is 1. The zero-order valence-corrected chi connectivity index (χ0v) is 13.0. The molecule has 0 N–H and O–H groups in total. The Labute approximate surface area is 131 Å². The van der Waals surface area contributed by atoms with Crippen LogP contribution < -0.4 is 0 Å². The number of amides is 1. The fourth-order valence-electron chi connectivity index (χ4n) is 4.09. The number of likely N-dealkylation sites (tertiary alicyclic amines) is 1. The lowest BCUT2D eigenvalue weighted by molar-refractivity contribution is -0.133. The van der Waals surface area contributed by atoms with Crippen molar-refractivity contribution in [1.82, 2.24) is 4.90 Å². The van der Waals surface area contributed by atoms with Crippen LogP contribution in [-0.2, 0) is 11.2 Å². The number of carbonyl (C=O) groups is 1. The van der Waals surface area contributed by atoms with Crippen molar-refractivity contribution in [3.05, 3.63) is 36.1 Å². The summed E-state index contributed by atoms with van der Waals surface area (Å²) in [6.45, 7) is 0.939. The van der Waals surface area contributed by atoms with Crippen molar-refractivity contribution in [3.8, 4) is 0 Å². The van der Waals surface area contributed by atoms with Gasteiger partial charge in [-0.15, -0.1) is 0 Å². The van der Waals surface area contributed by atoms with Crippen molar-refractivity contribution in [1.29, 1.82) is 0 Å². The van der Waals surface area contributed by atoms with Crippen molar-refractivity contribution >= 4 is 16.9 Å². The minimum absolute atomic E-state index is 0.113. The highest BCUT2D eigenvalue weighted by Crippen LogP contribution is 2.31. The molecule has 2 aromatic rings. The molecule has 2 fully saturated rings. The number of rotatable bonds is 3. The zero-order valence-electron chi connectivity index (χ0n) is 13.0. The summed E-state index contributed by atoms with van der Waals surface area (Å²) in [7, 11) is 0. The maximum Gasteiger partial charge on any atom is 0.226 e. The summed E-state index contributed by atoms with van der Waals surface area (Å²) in [6, 6.07) is 10.7. The fraction of sp³-hybridized carbons (Fsp3) is 0.526. The first-order valence-electron chi connectivity index (χ1n) is 8.59. The molecule has 1 aromatic heterocycles. The van der Waals surface area contributed by atoms with Gasteiger partial charge in [-0.2, -0.15) is 0 Å². The summed E-state index contributed by atoms with van der Waals surface area (Å²) in [5.41, 5.74) is 0.923. The van der Waals surface area contributed by atoms with E-state index < -0.39 is 0 Å². The number of hydrogen-bond donors (Lipinski definition) is 0. The van der Waals surface area contributed by atoms with Gasteiger partial charge in [0.05, 0.1) is 0 Å². The van der Waals surface area contributed by atoms with Gasteiger partial charge in [-0.25, -0.2) is 0 Å². The Kier molecular flexibility index (Phi) is 3.65. The highest BCUT2D eigenvalue weighted by molar-refractivity contribution is 5.82. The molecule has 1 aliphatic heterocycles. The van der Waals surface area contributed by atoms with E-state index in [-0.39, 0.29) is 5.92 Å². The van der Waals surface area contributed by atoms with Crippen molar-refractivity contribution in [2.75, 3.05) is 6.54 Å². The van der Waals surface area contributed by atoms with E-state index in [1.165, 1.54) is 32.1 Å². The van der Waals surface area contributed by atoms with Crippen LogP contribution in [-0.4, -0.2) is 23.4 Å². The van der Waals surface area contributed by atoms with E-state index in [0.717, 1.165) is 36.1 Å². The Morgan fingerprint density at radius 2 is 1.91 bits per heavy atom. The molecule has 3 nitrogen and oxygen atoms in total. The first-order valence-corrected chi connectivity index (χ1v) is 8.59. The van der Waals surface area contributed by atoms with Gasteiger partial charge in [-0.3, -0.25) is 4.79 Å². The smallest absolute Gasteiger partial charge is 0.226 e. The molecule has 0 bridgehead atoms. The summed E-state index contributed by atoms with van der Waals surface area (Å²) in [5.74, 6) is 1.42. The third kappa shape index (κ3) is 2.53. The van der Waals surface area contributed by atoms with Gasteiger partial charge in [-0.1, -0.05) is 37.5 Å². The molecule has 4 rings (SSSR count). The van der Waals surface area contributed by atoms with Crippen molar-refractivity contribution in [3.63, 3.8) is 0 Å². The molecule has 2 heterocycles. The molecule has 0 radical (unpaired) electrons. The number of hydrogen-bond acceptors (Lipinski definition) is 2. The van der Waals surface area contributed by atoms with E-state index in [0.29, 0.717) is 11.9 Å². The van der Waals surface area contributed by atoms with Gasteiger partial charge >= 0.3 is 0 Å². The predicted molar refractivity (Wildman–Crippen MR) is 86.6 cm³/mol. The van der Waals surface area contributed by atoms with Gasteiger partial charge < -0.3 is 9.32 Å². The predicted octanol–water partition coefficient (Wildman–Crippen LogP) is 4.16. The maximum absolute atomic E-state index is 12.7. The lowest BCUT2D eigenvalue weighted by Gasteiger charge is -2.31. The molecule has 1 aromatic carbocycles. The minimum Gasteiger partial charge on any atom is -0.461 e. The van der Waals surface area contributed by atoms with Crippen molar-refractivity contribution in [2.24, 2.45) is 5.92 Å². The van der Waals surface area contributed by atoms with Crippen LogP contribution in [0.25, 0.3) is 11.0 Å². The van der Waals surface area contributed by atoms with Crippen LogP contribution in [0.5, 0.6) is 0 Å². The number of carbonyl (C=O) groups excluding carboxylic acids is 1. The highest BCUT2D eigenvalue weighted by Gasteiger charge is 2.36.